The predicted octanol–water partition coefficient (Wildman–Crippen LogP) is 0.533. The van der Waals surface area contributed by atoms with E-state index in [0.717, 1.165) is 12.4 Å². The first kappa shape index (κ1) is 13.5. The summed E-state index contributed by atoms with van der Waals surface area (Å²) >= 11 is 5.47. The van der Waals surface area contributed by atoms with Crippen LogP contribution in [0.15, 0.2) is 12.4 Å². The SMILES string of the molecule is CCOC(=O)NS(=O)(=O)Nc1cnc(Cl)cn1. The van der Waals surface area contributed by atoms with Crippen LogP contribution in [0, 0.1) is 0 Å². The smallest absolute Gasteiger partial charge is 0.422 e. The first-order valence-electron chi connectivity index (χ1n) is 4.38. The van der Waals surface area contributed by atoms with Crippen LogP contribution in [-0.2, 0) is 14.9 Å². The van der Waals surface area contributed by atoms with Crippen LogP contribution in [0.4, 0.5) is 10.6 Å². The molecule has 10 heteroatoms. The quantitative estimate of drug-likeness (QED) is 0.832. The molecule has 0 aliphatic rings. The number of aromatic nitrogens is 2. The lowest BCUT2D eigenvalue weighted by atomic mass is 10.7. The lowest BCUT2D eigenvalue weighted by Crippen LogP contribution is -2.35. The zero-order valence-electron chi connectivity index (χ0n) is 8.68. The van der Waals surface area contributed by atoms with Crippen molar-refractivity contribution in [3.05, 3.63) is 17.5 Å². The van der Waals surface area contributed by atoms with Gasteiger partial charge >= 0.3 is 16.3 Å². The second-order valence-electron chi connectivity index (χ2n) is 2.65. The van der Waals surface area contributed by atoms with Crippen LogP contribution in [0.25, 0.3) is 0 Å². The number of ether oxygens (including phenoxy) is 1. The van der Waals surface area contributed by atoms with Crippen LogP contribution < -0.4 is 9.44 Å². The molecule has 0 aromatic carbocycles. The van der Waals surface area contributed by atoms with E-state index in [-0.39, 0.29) is 17.6 Å². The molecule has 8 nitrogen and oxygen atoms in total. The second-order valence-corrected chi connectivity index (χ2v) is 4.45. The maximum Gasteiger partial charge on any atom is 0.422 e. The molecule has 0 saturated heterocycles. The van der Waals surface area contributed by atoms with Crippen LogP contribution in [-0.4, -0.2) is 31.1 Å². The Morgan fingerprint density at radius 3 is 2.71 bits per heavy atom. The van der Waals surface area contributed by atoms with Crippen molar-refractivity contribution in [3.8, 4) is 0 Å². The maximum absolute atomic E-state index is 11.3. The average molecular weight is 281 g/mol. The fourth-order valence-corrected chi connectivity index (χ4v) is 1.61. The molecule has 0 unspecified atom stereocenters. The Kier molecular flexibility index (Phi) is 4.46. The third-order valence-corrected chi connectivity index (χ3v) is 2.46. The van der Waals surface area contributed by atoms with Gasteiger partial charge in [0.1, 0.15) is 5.15 Å². The van der Waals surface area contributed by atoms with Crippen LogP contribution in [0.1, 0.15) is 6.92 Å². The molecule has 1 aromatic heterocycles. The van der Waals surface area contributed by atoms with E-state index in [2.05, 4.69) is 14.7 Å². The molecule has 0 atom stereocenters. The zero-order valence-corrected chi connectivity index (χ0v) is 10.2. The van der Waals surface area contributed by atoms with Crippen LogP contribution >= 0.6 is 11.6 Å². The van der Waals surface area contributed by atoms with Crippen molar-refractivity contribution in [1.82, 2.24) is 14.7 Å². The first-order valence-corrected chi connectivity index (χ1v) is 6.24. The molecule has 94 valence electrons. The van der Waals surface area contributed by atoms with Crippen molar-refractivity contribution in [2.45, 2.75) is 6.92 Å². The van der Waals surface area contributed by atoms with Crippen LogP contribution in [0.2, 0.25) is 5.15 Å². The van der Waals surface area contributed by atoms with Crippen molar-refractivity contribution < 1.29 is 17.9 Å². The molecular formula is C7H9ClN4O4S. The van der Waals surface area contributed by atoms with E-state index in [4.69, 9.17) is 11.6 Å². The Labute approximate surface area is 103 Å². The topological polar surface area (TPSA) is 110 Å². The summed E-state index contributed by atoms with van der Waals surface area (Å²) in [5.41, 5.74) is 0. The van der Waals surface area contributed by atoms with Crippen molar-refractivity contribution in [1.29, 1.82) is 0 Å². The Morgan fingerprint density at radius 2 is 2.18 bits per heavy atom. The summed E-state index contributed by atoms with van der Waals surface area (Å²) < 4.78 is 30.7. The summed E-state index contributed by atoms with van der Waals surface area (Å²) in [4.78, 5) is 18.1. The van der Waals surface area contributed by atoms with Gasteiger partial charge in [0.25, 0.3) is 0 Å². The lowest BCUT2D eigenvalue weighted by Gasteiger charge is -2.07. The van der Waals surface area contributed by atoms with E-state index in [1.54, 1.807) is 11.6 Å². The Balaban J connectivity index is 2.66. The largest absolute Gasteiger partial charge is 0.449 e. The Morgan fingerprint density at radius 1 is 1.47 bits per heavy atom. The number of carbonyl (C=O) groups is 1. The van der Waals surface area contributed by atoms with Crippen molar-refractivity contribution in [3.63, 3.8) is 0 Å². The van der Waals surface area contributed by atoms with Gasteiger partial charge in [-0.15, -0.1) is 0 Å². The minimum atomic E-state index is -4.09. The molecule has 17 heavy (non-hydrogen) atoms. The summed E-state index contributed by atoms with van der Waals surface area (Å²) in [5.74, 6) is -0.0776. The molecule has 0 aliphatic carbocycles. The van der Waals surface area contributed by atoms with Crippen molar-refractivity contribution in [2.24, 2.45) is 0 Å². The minimum absolute atomic E-state index is 0.0576. The molecule has 0 fully saturated rings. The van der Waals surface area contributed by atoms with Crippen LogP contribution in [0.3, 0.4) is 0 Å². The normalized spacial score (nSPS) is 10.7. The minimum Gasteiger partial charge on any atom is -0.449 e. The van der Waals surface area contributed by atoms with E-state index in [1.807, 2.05) is 4.72 Å². The number of nitrogens with zero attached hydrogens (tertiary/aromatic N) is 2. The lowest BCUT2D eigenvalue weighted by molar-refractivity contribution is 0.159. The van der Waals surface area contributed by atoms with E-state index >= 15 is 0 Å². The highest BCUT2D eigenvalue weighted by Crippen LogP contribution is 2.06. The van der Waals surface area contributed by atoms with Gasteiger partial charge in [0, 0.05) is 0 Å². The molecule has 1 amide bonds. The zero-order chi connectivity index (χ0) is 12.9. The number of halogens is 1. The molecular weight excluding hydrogens is 272 g/mol. The maximum atomic E-state index is 11.3. The highest BCUT2D eigenvalue weighted by molar-refractivity contribution is 7.91. The van der Waals surface area contributed by atoms with Gasteiger partial charge in [-0.05, 0) is 6.92 Å². The van der Waals surface area contributed by atoms with E-state index in [9.17, 15) is 13.2 Å². The number of hydrogen-bond acceptors (Lipinski definition) is 6. The van der Waals surface area contributed by atoms with Crippen molar-refractivity contribution >= 4 is 33.7 Å². The van der Waals surface area contributed by atoms with Gasteiger partial charge in [0.2, 0.25) is 0 Å². The van der Waals surface area contributed by atoms with Gasteiger partial charge in [-0.3, -0.25) is 0 Å². The number of rotatable bonds is 4. The van der Waals surface area contributed by atoms with E-state index in [1.165, 1.54) is 0 Å². The monoisotopic (exact) mass is 280 g/mol. The van der Waals surface area contributed by atoms with Gasteiger partial charge < -0.3 is 4.74 Å². The fraction of sp³-hybridized carbons (Fsp3) is 0.286. The second kappa shape index (κ2) is 5.64. The summed E-state index contributed by atoms with van der Waals surface area (Å²) in [7, 11) is -4.09. The molecule has 1 heterocycles. The summed E-state index contributed by atoms with van der Waals surface area (Å²) in [6.45, 7) is 1.60. The number of nitrogens with one attached hydrogen (secondary N) is 2. The number of anilines is 1. The third-order valence-electron chi connectivity index (χ3n) is 1.35. The van der Waals surface area contributed by atoms with Crippen LogP contribution in [0.5, 0.6) is 0 Å². The van der Waals surface area contributed by atoms with E-state index < -0.39 is 16.3 Å². The fourth-order valence-electron chi connectivity index (χ4n) is 0.798. The first-order chi connectivity index (χ1) is 7.93. The van der Waals surface area contributed by atoms with Gasteiger partial charge in [-0.2, -0.15) is 8.42 Å². The Bertz CT molecular complexity index is 489. The van der Waals surface area contributed by atoms with Gasteiger partial charge in [-0.1, -0.05) is 11.6 Å². The van der Waals surface area contributed by atoms with Gasteiger partial charge in [-0.25, -0.2) is 24.2 Å². The highest BCUT2D eigenvalue weighted by Gasteiger charge is 2.15. The van der Waals surface area contributed by atoms with E-state index in [0.29, 0.717) is 0 Å². The highest BCUT2D eigenvalue weighted by atomic mass is 35.5. The number of hydrogen-bond donors (Lipinski definition) is 2. The summed E-state index contributed by atoms with van der Waals surface area (Å²) in [6, 6.07) is 0. The molecule has 0 spiro atoms. The van der Waals surface area contributed by atoms with Gasteiger partial charge in [0.15, 0.2) is 5.82 Å². The molecule has 0 aliphatic heterocycles. The average Bonchev–Trinajstić information content (AvgIpc) is 2.20. The number of carbonyl (C=O) groups excluding carboxylic acids is 1. The summed E-state index contributed by atoms with van der Waals surface area (Å²) in [6.07, 6.45) is 1.18. The summed E-state index contributed by atoms with van der Waals surface area (Å²) in [5, 5.41) is 0.117. The van der Waals surface area contributed by atoms with Crippen molar-refractivity contribution in [2.75, 3.05) is 11.3 Å². The molecule has 0 radical (unpaired) electrons. The molecule has 2 N–H and O–H groups in total. The molecule has 1 rings (SSSR count). The molecule has 0 bridgehead atoms. The standard InChI is InChI=1S/C7H9ClN4O4S/c1-2-16-7(13)12-17(14,15)11-6-4-9-5(8)3-10-6/h3-4H,2H2,1H3,(H,10,11)(H,12,13). The molecule has 0 saturated carbocycles. The predicted molar refractivity (Wildman–Crippen MR) is 59.7 cm³/mol. The number of amides is 1. The van der Waals surface area contributed by atoms with Gasteiger partial charge in [0.05, 0.1) is 19.0 Å². The third kappa shape index (κ3) is 4.83. The molecule has 1 aromatic rings. The Hall–Kier alpha value is -1.61.